The maximum Gasteiger partial charge on any atom is 0.224 e. The molecule has 2 aliphatic rings. The van der Waals surface area contributed by atoms with Crippen molar-refractivity contribution in [2.45, 2.75) is 63.1 Å². The van der Waals surface area contributed by atoms with Crippen molar-refractivity contribution in [3.8, 4) is 0 Å². The minimum Gasteiger partial charge on any atom is -0.393 e. The lowest BCUT2D eigenvalue weighted by Gasteiger charge is -2.29. The normalized spacial score (nSPS) is 24.9. The van der Waals surface area contributed by atoms with Gasteiger partial charge in [-0.3, -0.25) is 9.36 Å². The zero-order valence-electron chi connectivity index (χ0n) is 18.5. The van der Waals surface area contributed by atoms with Crippen LogP contribution in [0, 0.1) is 11.7 Å². The number of para-hydroxylation sites is 1. The summed E-state index contributed by atoms with van der Waals surface area (Å²) in [6, 6.07) is 4.57. The van der Waals surface area contributed by atoms with Gasteiger partial charge in [-0.2, -0.15) is 4.98 Å². The van der Waals surface area contributed by atoms with E-state index in [-0.39, 0.29) is 40.7 Å². The number of rotatable bonds is 6. The molecule has 0 saturated heterocycles. The number of halogens is 2. The molecular formula is C23H27ClFN7O2. The molecular weight excluding hydrogens is 461 g/mol. The summed E-state index contributed by atoms with van der Waals surface area (Å²) in [6.07, 6.45) is 6.31. The fraction of sp³-hybridized carbons (Fsp3) is 0.478. The molecule has 11 heteroatoms. The molecule has 180 valence electrons. The van der Waals surface area contributed by atoms with Gasteiger partial charge in [0.1, 0.15) is 11.3 Å². The number of aliphatic hydroxyl groups excluding tert-OH is 1. The van der Waals surface area contributed by atoms with Gasteiger partial charge in [0.25, 0.3) is 0 Å². The van der Waals surface area contributed by atoms with Gasteiger partial charge in [0.05, 0.1) is 23.0 Å². The van der Waals surface area contributed by atoms with Gasteiger partial charge in [-0.15, -0.1) is 0 Å². The second kappa shape index (κ2) is 9.34. The fourth-order valence-corrected chi connectivity index (χ4v) is 5.22. The topological polar surface area (TPSA) is 131 Å². The van der Waals surface area contributed by atoms with Gasteiger partial charge >= 0.3 is 0 Å². The highest BCUT2D eigenvalue weighted by atomic mass is 35.5. The van der Waals surface area contributed by atoms with Crippen LogP contribution in [0.25, 0.3) is 11.2 Å². The Bertz CT molecular complexity index is 1190. The molecule has 2 saturated carbocycles. The van der Waals surface area contributed by atoms with E-state index in [2.05, 4.69) is 20.6 Å². The first kappa shape index (κ1) is 22.8. The summed E-state index contributed by atoms with van der Waals surface area (Å²) in [5.41, 5.74) is 6.82. The summed E-state index contributed by atoms with van der Waals surface area (Å²) in [5, 5.41) is 16.4. The van der Waals surface area contributed by atoms with Gasteiger partial charge in [0.15, 0.2) is 5.65 Å². The Morgan fingerprint density at radius 2 is 1.97 bits per heavy atom. The maximum atomic E-state index is 14.5. The summed E-state index contributed by atoms with van der Waals surface area (Å²) in [5.74, 6) is -0.0554. The molecule has 0 aliphatic heterocycles. The number of amides is 1. The van der Waals surface area contributed by atoms with E-state index in [9.17, 15) is 14.3 Å². The molecule has 2 atom stereocenters. The summed E-state index contributed by atoms with van der Waals surface area (Å²) in [7, 11) is 0. The Morgan fingerprint density at radius 1 is 1.18 bits per heavy atom. The molecule has 0 spiro atoms. The van der Waals surface area contributed by atoms with Crippen LogP contribution >= 0.6 is 11.6 Å². The monoisotopic (exact) mass is 487 g/mol. The summed E-state index contributed by atoms with van der Waals surface area (Å²) >= 11 is 6.25. The van der Waals surface area contributed by atoms with Crippen molar-refractivity contribution in [3.63, 3.8) is 0 Å². The molecule has 2 heterocycles. The first-order valence-corrected chi connectivity index (χ1v) is 12.0. The van der Waals surface area contributed by atoms with E-state index in [0.29, 0.717) is 55.2 Å². The van der Waals surface area contributed by atoms with E-state index in [1.54, 1.807) is 18.3 Å². The number of nitrogens with two attached hydrogens (primary N) is 1. The molecule has 34 heavy (non-hydrogen) atoms. The molecule has 5 N–H and O–H groups in total. The number of aliphatic hydroxyl groups is 1. The lowest BCUT2D eigenvalue weighted by molar-refractivity contribution is -0.122. The van der Waals surface area contributed by atoms with Crippen LogP contribution in [-0.4, -0.2) is 42.7 Å². The van der Waals surface area contributed by atoms with Crippen molar-refractivity contribution < 1.29 is 14.3 Å². The summed E-state index contributed by atoms with van der Waals surface area (Å²) < 4.78 is 16.5. The Balaban J connectivity index is 1.52. The number of nitrogens with zero attached hydrogens (tertiary/aromatic N) is 4. The number of carbonyl (C=O) groups is 1. The molecule has 1 amide bonds. The maximum absolute atomic E-state index is 14.5. The molecule has 2 fully saturated rings. The number of fused-ring (bicyclic) bond motifs is 1. The van der Waals surface area contributed by atoms with Crippen LogP contribution in [0.5, 0.6) is 0 Å². The molecule has 3 aromatic rings. The van der Waals surface area contributed by atoms with Crippen molar-refractivity contribution in [1.29, 1.82) is 0 Å². The van der Waals surface area contributed by atoms with E-state index < -0.39 is 5.82 Å². The summed E-state index contributed by atoms with van der Waals surface area (Å²) in [4.78, 5) is 25.5. The van der Waals surface area contributed by atoms with Crippen molar-refractivity contribution in [2.24, 2.45) is 11.7 Å². The first-order chi connectivity index (χ1) is 16.4. The van der Waals surface area contributed by atoms with Crippen LogP contribution in [0.3, 0.4) is 0 Å². The molecule has 9 nitrogen and oxygen atoms in total. The highest BCUT2D eigenvalue weighted by molar-refractivity contribution is 6.33. The molecule has 0 unspecified atom stereocenters. The molecule has 0 radical (unpaired) electrons. The Morgan fingerprint density at radius 3 is 2.65 bits per heavy atom. The standard InChI is InChI=1S/C23H27ClFN7O2/c24-16-2-1-3-17(25)19(16)30-23-29-18-11-27-22(28-13-6-9-15(33)10-13)31-21(18)32(23)14-7-4-12(5-8-14)20(26)34/h1-3,11-15,33H,4-10H2,(H2,26,34)(H,29,30)(H,27,28,31)/t12-,13-,14-,15-/m0/s1. The van der Waals surface area contributed by atoms with Crippen molar-refractivity contribution >= 4 is 46.3 Å². The van der Waals surface area contributed by atoms with Crippen LogP contribution in [0.1, 0.15) is 51.0 Å². The second-order valence-electron chi connectivity index (χ2n) is 9.15. The zero-order valence-corrected chi connectivity index (χ0v) is 19.3. The summed E-state index contributed by atoms with van der Waals surface area (Å²) in [6.45, 7) is 0. The Kier molecular flexibility index (Phi) is 6.26. The zero-order chi connectivity index (χ0) is 23.8. The van der Waals surface area contributed by atoms with Gasteiger partial charge in [0, 0.05) is 18.0 Å². The molecule has 0 bridgehead atoms. The highest BCUT2D eigenvalue weighted by Gasteiger charge is 2.30. The molecule has 1 aromatic carbocycles. The predicted molar refractivity (Wildman–Crippen MR) is 127 cm³/mol. The Labute approximate surface area is 200 Å². The minimum absolute atomic E-state index is 0.00954. The fourth-order valence-electron chi connectivity index (χ4n) is 5.01. The number of carbonyl (C=O) groups excluding carboxylic acids is 1. The second-order valence-corrected chi connectivity index (χ2v) is 9.55. The number of benzene rings is 1. The van der Waals surface area contributed by atoms with E-state index in [4.69, 9.17) is 22.3 Å². The highest BCUT2D eigenvalue weighted by Crippen LogP contribution is 2.38. The van der Waals surface area contributed by atoms with E-state index in [1.165, 1.54) is 6.07 Å². The smallest absolute Gasteiger partial charge is 0.224 e. The van der Waals surface area contributed by atoms with Gasteiger partial charge in [-0.05, 0) is 57.1 Å². The number of nitrogens with one attached hydrogen (secondary N) is 2. The van der Waals surface area contributed by atoms with E-state index in [0.717, 1.165) is 12.8 Å². The van der Waals surface area contributed by atoms with Crippen LogP contribution in [0.4, 0.5) is 22.0 Å². The van der Waals surface area contributed by atoms with Gasteiger partial charge in [-0.25, -0.2) is 14.4 Å². The van der Waals surface area contributed by atoms with Gasteiger partial charge in [0.2, 0.25) is 17.8 Å². The third-order valence-corrected chi connectivity index (χ3v) is 7.15. The molecule has 2 aromatic heterocycles. The Hall–Kier alpha value is -2.98. The number of anilines is 3. The van der Waals surface area contributed by atoms with Crippen LogP contribution in [0.15, 0.2) is 24.4 Å². The predicted octanol–water partition coefficient (Wildman–Crippen LogP) is 3.90. The molecule has 2 aliphatic carbocycles. The largest absolute Gasteiger partial charge is 0.393 e. The first-order valence-electron chi connectivity index (χ1n) is 11.6. The SMILES string of the molecule is NC(=O)[C@H]1CC[C@H](n2c(Nc3c(F)cccc3Cl)nc3cnc(N[C@H]4CC[C@H](O)C4)nc32)CC1. The third-order valence-electron chi connectivity index (χ3n) is 6.83. The lowest BCUT2D eigenvalue weighted by atomic mass is 9.85. The van der Waals surface area contributed by atoms with Crippen LogP contribution in [-0.2, 0) is 4.79 Å². The third kappa shape index (κ3) is 4.52. The number of primary amides is 1. The van der Waals surface area contributed by atoms with Crippen LogP contribution in [0.2, 0.25) is 5.02 Å². The number of hydrogen-bond acceptors (Lipinski definition) is 7. The minimum atomic E-state index is -0.489. The average molecular weight is 488 g/mol. The van der Waals surface area contributed by atoms with Gasteiger partial charge in [-0.1, -0.05) is 17.7 Å². The van der Waals surface area contributed by atoms with Crippen molar-refractivity contribution in [1.82, 2.24) is 19.5 Å². The average Bonchev–Trinajstić information content (AvgIpc) is 3.38. The molecule has 5 rings (SSSR count). The number of imidazole rings is 1. The van der Waals surface area contributed by atoms with E-state index in [1.807, 2.05) is 4.57 Å². The van der Waals surface area contributed by atoms with Crippen molar-refractivity contribution in [3.05, 3.63) is 35.2 Å². The van der Waals surface area contributed by atoms with Gasteiger partial charge < -0.3 is 21.5 Å². The van der Waals surface area contributed by atoms with E-state index >= 15 is 0 Å². The quantitative estimate of drug-likeness (QED) is 0.414. The van der Waals surface area contributed by atoms with Crippen LogP contribution < -0.4 is 16.4 Å². The number of hydrogen-bond donors (Lipinski definition) is 4. The number of aromatic nitrogens is 4. The van der Waals surface area contributed by atoms with Crippen molar-refractivity contribution in [2.75, 3.05) is 10.6 Å². The lowest BCUT2D eigenvalue weighted by Crippen LogP contribution is -2.29.